The zero-order chi connectivity index (χ0) is 16.2. The molecule has 0 saturated carbocycles. The van der Waals surface area contributed by atoms with Gasteiger partial charge >= 0.3 is 0 Å². The van der Waals surface area contributed by atoms with Gasteiger partial charge in [-0.3, -0.25) is 4.90 Å². The maximum Gasteiger partial charge on any atom is 0.115 e. The molecule has 0 spiro atoms. The quantitative estimate of drug-likeness (QED) is 0.946. The van der Waals surface area contributed by atoms with Crippen LogP contribution < -0.4 is 4.90 Å². The maximum atomic E-state index is 9.39. The number of phenols is 1. The molecule has 0 aliphatic carbocycles. The van der Waals surface area contributed by atoms with E-state index in [4.69, 9.17) is 5.26 Å². The van der Waals surface area contributed by atoms with Gasteiger partial charge in [0.15, 0.2) is 0 Å². The molecule has 4 nitrogen and oxygen atoms in total. The first-order valence-electron chi connectivity index (χ1n) is 7.95. The summed E-state index contributed by atoms with van der Waals surface area (Å²) < 4.78 is 0. The van der Waals surface area contributed by atoms with Crippen molar-refractivity contribution in [1.29, 1.82) is 5.26 Å². The second-order valence-electron chi connectivity index (χ2n) is 5.95. The lowest BCUT2D eigenvalue weighted by Gasteiger charge is -2.39. The highest BCUT2D eigenvalue weighted by Gasteiger charge is 2.22. The van der Waals surface area contributed by atoms with Crippen molar-refractivity contribution >= 4 is 5.69 Å². The maximum absolute atomic E-state index is 9.39. The molecule has 118 valence electrons. The molecule has 1 heterocycles. The van der Waals surface area contributed by atoms with E-state index in [1.54, 1.807) is 12.1 Å². The summed E-state index contributed by atoms with van der Waals surface area (Å²) in [5.41, 5.74) is 3.07. The van der Waals surface area contributed by atoms with Gasteiger partial charge in [-0.1, -0.05) is 12.1 Å². The number of aromatic hydroxyl groups is 1. The van der Waals surface area contributed by atoms with Crippen LogP contribution in [0.25, 0.3) is 0 Å². The molecule has 2 aromatic carbocycles. The van der Waals surface area contributed by atoms with Crippen LogP contribution in [0.3, 0.4) is 0 Å². The van der Waals surface area contributed by atoms with E-state index in [1.807, 2.05) is 30.3 Å². The molecule has 4 heteroatoms. The van der Waals surface area contributed by atoms with Gasteiger partial charge in [-0.25, -0.2) is 0 Å². The Balaban J connectivity index is 1.64. The van der Waals surface area contributed by atoms with Crippen LogP contribution in [0.2, 0.25) is 0 Å². The van der Waals surface area contributed by atoms with E-state index in [0.717, 1.165) is 37.4 Å². The minimum Gasteiger partial charge on any atom is -0.508 e. The molecule has 1 N–H and O–H groups in total. The fraction of sp³-hybridized carbons (Fsp3) is 0.316. The van der Waals surface area contributed by atoms with Crippen molar-refractivity contribution in [3.05, 3.63) is 59.7 Å². The van der Waals surface area contributed by atoms with Crippen LogP contribution in [-0.4, -0.2) is 36.2 Å². The van der Waals surface area contributed by atoms with E-state index < -0.39 is 0 Å². The number of hydrogen-bond acceptors (Lipinski definition) is 4. The summed E-state index contributed by atoms with van der Waals surface area (Å²) in [6.07, 6.45) is 0. The average Bonchev–Trinajstić information content (AvgIpc) is 2.62. The fourth-order valence-electron chi connectivity index (χ4n) is 3.11. The number of nitriles is 1. The highest BCUT2D eigenvalue weighted by atomic mass is 16.3. The van der Waals surface area contributed by atoms with E-state index in [0.29, 0.717) is 11.8 Å². The van der Waals surface area contributed by atoms with Gasteiger partial charge in [0.05, 0.1) is 11.6 Å². The third kappa shape index (κ3) is 3.46. The number of anilines is 1. The molecule has 1 aliphatic rings. The normalized spacial score (nSPS) is 16.8. The summed E-state index contributed by atoms with van der Waals surface area (Å²) in [6, 6.07) is 17.8. The summed E-state index contributed by atoms with van der Waals surface area (Å²) in [6.45, 7) is 6.10. The van der Waals surface area contributed by atoms with E-state index in [9.17, 15) is 5.11 Å². The zero-order valence-corrected chi connectivity index (χ0v) is 13.3. The largest absolute Gasteiger partial charge is 0.508 e. The summed E-state index contributed by atoms with van der Waals surface area (Å²) in [4.78, 5) is 4.79. The lowest BCUT2D eigenvalue weighted by molar-refractivity contribution is 0.198. The van der Waals surface area contributed by atoms with Crippen molar-refractivity contribution < 1.29 is 5.11 Å². The second kappa shape index (κ2) is 6.72. The van der Waals surface area contributed by atoms with Gasteiger partial charge in [0, 0.05) is 37.9 Å². The van der Waals surface area contributed by atoms with Crippen LogP contribution in [0.5, 0.6) is 5.75 Å². The number of phenolic OH excluding ortho intramolecular Hbond substituents is 1. The Morgan fingerprint density at radius 3 is 2.39 bits per heavy atom. The molecule has 1 unspecified atom stereocenters. The smallest absolute Gasteiger partial charge is 0.115 e. The molecule has 0 radical (unpaired) electrons. The molecule has 1 fully saturated rings. The molecule has 1 aliphatic heterocycles. The highest BCUT2D eigenvalue weighted by molar-refractivity contribution is 5.49. The van der Waals surface area contributed by atoms with Crippen molar-refractivity contribution in [3.8, 4) is 11.8 Å². The lowest BCUT2D eigenvalue weighted by Crippen LogP contribution is -2.47. The highest BCUT2D eigenvalue weighted by Crippen LogP contribution is 2.25. The summed E-state index contributed by atoms with van der Waals surface area (Å²) in [7, 11) is 0. The predicted molar refractivity (Wildman–Crippen MR) is 91.5 cm³/mol. The average molecular weight is 307 g/mol. The van der Waals surface area contributed by atoms with Gasteiger partial charge in [0.2, 0.25) is 0 Å². The van der Waals surface area contributed by atoms with Crippen molar-refractivity contribution in [1.82, 2.24) is 4.90 Å². The monoisotopic (exact) mass is 307 g/mol. The van der Waals surface area contributed by atoms with Gasteiger partial charge in [-0.15, -0.1) is 0 Å². The van der Waals surface area contributed by atoms with Crippen molar-refractivity contribution in [2.24, 2.45) is 0 Å². The molecule has 0 bridgehead atoms. The Bertz CT molecular complexity index is 697. The SMILES string of the molecule is CC(c1cccc(C#N)c1)N1CCN(c2ccc(O)cc2)CC1. The number of rotatable bonds is 3. The number of hydrogen-bond donors (Lipinski definition) is 1. The van der Waals surface area contributed by atoms with E-state index in [2.05, 4.69) is 28.9 Å². The Hall–Kier alpha value is -2.51. The van der Waals surface area contributed by atoms with Crippen LogP contribution >= 0.6 is 0 Å². The minimum atomic E-state index is 0.304. The van der Waals surface area contributed by atoms with Crippen LogP contribution in [0, 0.1) is 11.3 Å². The topological polar surface area (TPSA) is 50.5 Å². The van der Waals surface area contributed by atoms with Crippen molar-refractivity contribution in [2.75, 3.05) is 31.1 Å². The third-order valence-electron chi connectivity index (χ3n) is 4.57. The van der Waals surface area contributed by atoms with E-state index in [-0.39, 0.29) is 0 Å². The Morgan fingerprint density at radius 1 is 1.04 bits per heavy atom. The standard InChI is InChI=1S/C19H21N3O/c1-15(17-4-2-3-16(13-17)14-20)21-9-11-22(12-10-21)18-5-7-19(23)8-6-18/h2-8,13,15,23H,9-12H2,1H3. The first kappa shape index (κ1) is 15.4. The minimum absolute atomic E-state index is 0.304. The van der Waals surface area contributed by atoms with Crippen LogP contribution in [0.15, 0.2) is 48.5 Å². The van der Waals surface area contributed by atoms with Crippen molar-refractivity contribution in [2.45, 2.75) is 13.0 Å². The van der Waals surface area contributed by atoms with Gasteiger partial charge in [-0.2, -0.15) is 5.26 Å². The van der Waals surface area contributed by atoms with E-state index in [1.165, 1.54) is 5.56 Å². The van der Waals surface area contributed by atoms with Gasteiger partial charge in [-0.05, 0) is 48.9 Å². The zero-order valence-electron chi connectivity index (χ0n) is 13.3. The van der Waals surface area contributed by atoms with Gasteiger partial charge in [0.25, 0.3) is 0 Å². The molecule has 0 amide bonds. The number of nitrogens with zero attached hydrogens (tertiary/aromatic N) is 3. The fourth-order valence-corrected chi connectivity index (χ4v) is 3.11. The molecule has 1 atom stereocenters. The molecular formula is C19H21N3O. The third-order valence-corrected chi connectivity index (χ3v) is 4.57. The summed E-state index contributed by atoms with van der Waals surface area (Å²) >= 11 is 0. The summed E-state index contributed by atoms with van der Waals surface area (Å²) in [5.74, 6) is 0.304. The number of benzene rings is 2. The van der Waals surface area contributed by atoms with Crippen molar-refractivity contribution in [3.63, 3.8) is 0 Å². The number of piperazine rings is 1. The lowest BCUT2D eigenvalue weighted by atomic mass is 10.0. The van der Waals surface area contributed by atoms with Gasteiger partial charge < -0.3 is 10.0 Å². The summed E-state index contributed by atoms with van der Waals surface area (Å²) in [5, 5.41) is 18.4. The Labute approximate surface area is 137 Å². The first-order valence-corrected chi connectivity index (χ1v) is 7.95. The van der Waals surface area contributed by atoms with Gasteiger partial charge in [0.1, 0.15) is 5.75 Å². The predicted octanol–water partition coefficient (Wildman–Crippen LogP) is 3.15. The second-order valence-corrected chi connectivity index (χ2v) is 5.95. The Morgan fingerprint density at radius 2 is 1.74 bits per heavy atom. The molecule has 0 aromatic heterocycles. The van der Waals surface area contributed by atoms with Crippen LogP contribution in [0.1, 0.15) is 24.1 Å². The Kier molecular flexibility index (Phi) is 4.50. The first-order chi connectivity index (χ1) is 11.2. The molecule has 23 heavy (non-hydrogen) atoms. The molecular weight excluding hydrogens is 286 g/mol. The molecule has 3 rings (SSSR count). The van der Waals surface area contributed by atoms with E-state index >= 15 is 0 Å². The van der Waals surface area contributed by atoms with Crippen LogP contribution in [0.4, 0.5) is 5.69 Å². The molecule has 1 saturated heterocycles. The molecule has 2 aromatic rings. The van der Waals surface area contributed by atoms with Crippen LogP contribution in [-0.2, 0) is 0 Å².